The Hall–Kier alpha value is -2.34. The molecular formula is C24H34N4O2. The van der Waals surface area contributed by atoms with Gasteiger partial charge in [-0.2, -0.15) is 5.10 Å². The Balaban J connectivity index is 1.61. The fraction of sp³-hybridized carbons (Fsp3) is 0.583. The molecule has 30 heavy (non-hydrogen) atoms. The van der Waals surface area contributed by atoms with E-state index in [0.717, 1.165) is 30.9 Å². The maximum atomic E-state index is 13.3. The first-order valence-corrected chi connectivity index (χ1v) is 11.2. The summed E-state index contributed by atoms with van der Waals surface area (Å²) in [5, 5.41) is 7.79. The summed E-state index contributed by atoms with van der Waals surface area (Å²) in [6.45, 7) is 12.7. The molecular weight excluding hydrogens is 376 g/mol. The molecule has 2 atom stereocenters. The van der Waals surface area contributed by atoms with Gasteiger partial charge in [-0.1, -0.05) is 32.0 Å². The van der Waals surface area contributed by atoms with Crippen LogP contribution in [0.5, 0.6) is 0 Å². The third-order valence-corrected chi connectivity index (χ3v) is 6.65. The van der Waals surface area contributed by atoms with Gasteiger partial charge in [0, 0.05) is 43.7 Å². The highest BCUT2D eigenvalue weighted by Crippen LogP contribution is 2.36. The molecule has 1 aromatic heterocycles. The van der Waals surface area contributed by atoms with Gasteiger partial charge in [0.15, 0.2) is 0 Å². The van der Waals surface area contributed by atoms with E-state index in [2.05, 4.69) is 67.1 Å². The van der Waals surface area contributed by atoms with Crippen molar-refractivity contribution in [2.75, 3.05) is 39.4 Å². The van der Waals surface area contributed by atoms with Crippen molar-refractivity contribution < 1.29 is 9.53 Å². The molecule has 2 fully saturated rings. The molecule has 0 saturated carbocycles. The number of aromatic nitrogens is 2. The van der Waals surface area contributed by atoms with Crippen molar-refractivity contribution in [3.8, 4) is 0 Å². The van der Waals surface area contributed by atoms with E-state index in [-0.39, 0.29) is 11.9 Å². The monoisotopic (exact) mass is 410 g/mol. The van der Waals surface area contributed by atoms with E-state index >= 15 is 0 Å². The zero-order valence-corrected chi connectivity index (χ0v) is 18.6. The number of likely N-dealkylation sites (tertiary alicyclic amines) is 1. The van der Waals surface area contributed by atoms with Crippen molar-refractivity contribution in [1.82, 2.24) is 20.0 Å². The molecule has 0 spiro atoms. The van der Waals surface area contributed by atoms with E-state index in [0.29, 0.717) is 38.1 Å². The Morgan fingerprint density at radius 2 is 1.80 bits per heavy atom. The average molecular weight is 411 g/mol. The average Bonchev–Trinajstić information content (AvgIpc) is 3.26. The van der Waals surface area contributed by atoms with Crippen LogP contribution in [0.15, 0.2) is 24.3 Å². The van der Waals surface area contributed by atoms with E-state index in [1.165, 1.54) is 16.7 Å². The minimum atomic E-state index is 0.139. The molecule has 2 aromatic rings. The Morgan fingerprint density at radius 3 is 2.47 bits per heavy atom. The van der Waals surface area contributed by atoms with Crippen LogP contribution in [0.4, 0.5) is 4.79 Å². The van der Waals surface area contributed by atoms with Gasteiger partial charge < -0.3 is 14.5 Å². The van der Waals surface area contributed by atoms with Crippen molar-refractivity contribution in [2.45, 2.75) is 51.9 Å². The molecule has 1 aromatic carbocycles. The number of H-pyrrole nitrogens is 1. The molecule has 162 valence electrons. The van der Waals surface area contributed by atoms with E-state index in [1.807, 2.05) is 4.90 Å². The first-order valence-electron chi connectivity index (χ1n) is 11.2. The van der Waals surface area contributed by atoms with Crippen LogP contribution in [-0.4, -0.2) is 65.4 Å². The number of rotatable bonds is 3. The van der Waals surface area contributed by atoms with Crippen LogP contribution in [0.25, 0.3) is 0 Å². The molecule has 0 aliphatic carbocycles. The standard InChI is InChI=1S/C24H34N4O2/c1-16(2)22-13-23(26-25-22)21-12-20(19-6-5-17(3)18(4)11-19)14-28(15-21)24(29)27-7-9-30-10-8-27/h5-6,11,13,16,20-21H,7-10,12,14-15H2,1-4H3,(H,25,26). The fourth-order valence-electron chi connectivity index (χ4n) is 4.55. The predicted octanol–water partition coefficient (Wildman–Crippen LogP) is 4.18. The molecule has 2 aliphatic rings. The maximum Gasteiger partial charge on any atom is 0.320 e. The number of hydrogen-bond acceptors (Lipinski definition) is 3. The minimum Gasteiger partial charge on any atom is -0.378 e. The summed E-state index contributed by atoms with van der Waals surface area (Å²) in [6.07, 6.45) is 1.02. The third-order valence-electron chi connectivity index (χ3n) is 6.65. The van der Waals surface area contributed by atoms with E-state index in [9.17, 15) is 4.79 Å². The molecule has 1 N–H and O–H groups in total. The van der Waals surface area contributed by atoms with Gasteiger partial charge in [0.1, 0.15) is 0 Å². The molecule has 4 rings (SSSR count). The second kappa shape index (κ2) is 8.80. The number of carbonyl (C=O) groups excluding carboxylic acids is 1. The van der Waals surface area contributed by atoms with Crippen molar-refractivity contribution >= 4 is 6.03 Å². The zero-order valence-electron chi connectivity index (χ0n) is 18.6. The molecule has 2 saturated heterocycles. The largest absolute Gasteiger partial charge is 0.378 e. The second-order valence-electron chi connectivity index (χ2n) is 9.16. The topological polar surface area (TPSA) is 61.5 Å². The first-order chi connectivity index (χ1) is 14.4. The van der Waals surface area contributed by atoms with Gasteiger partial charge in [0.25, 0.3) is 0 Å². The molecule has 6 heteroatoms. The number of piperidine rings is 1. The summed E-state index contributed by atoms with van der Waals surface area (Å²) in [7, 11) is 0. The molecule has 0 radical (unpaired) electrons. The predicted molar refractivity (Wildman–Crippen MR) is 118 cm³/mol. The van der Waals surface area contributed by atoms with Crippen molar-refractivity contribution in [2.24, 2.45) is 0 Å². The summed E-state index contributed by atoms with van der Waals surface area (Å²) in [6, 6.07) is 9.07. The Kier molecular flexibility index (Phi) is 6.14. The van der Waals surface area contributed by atoms with Gasteiger partial charge in [0.05, 0.1) is 18.9 Å². The number of morpholine rings is 1. The van der Waals surface area contributed by atoms with Gasteiger partial charge >= 0.3 is 6.03 Å². The van der Waals surface area contributed by atoms with Crippen LogP contribution in [0, 0.1) is 13.8 Å². The van der Waals surface area contributed by atoms with E-state index in [4.69, 9.17) is 4.74 Å². The first kappa shape index (κ1) is 20.9. The number of urea groups is 1. The lowest BCUT2D eigenvalue weighted by Gasteiger charge is -2.41. The normalized spacial score (nSPS) is 22.6. The van der Waals surface area contributed by atoms with Crippen molar-refractivity contribution in [3.05, 3.63) is 52.3 Å². The molecule has 3 heterocycles. The lowest BCUT2D eigenvalue weighted by molar-refractivity contribution is 0.0398. The summed E-state index contributed by atoms with van der Waals surface area (Å²) in [4.78, 5) is 17.3. The number of nitrogens with zero attached hydrogens (tertiary/aromatic N) is 3. The summed E-state index contributed by atoms with van der Waals surface area (Å²) in [5.74, 6) is 0.967. The van der Waals surface area contributed by atoms with Crippen LogP contribution in [0.2, 0.25) is 0 Å². The van der Waals surface area contributed by atoms with Crippen molar-refractivity contribution in [3.63, 3.8) is 0 Å². The lowest BCUT2D eigenvalue weighted by Crippen LogP contribution is -2.52. The van der Waals surface area contributed by atoms with Crippen LogP contribution < -0.4 is 0 Å². The molecule has 2 amide bonds. The highest BCUT2D eigenvalue weighted by molar-refractivity contribution is 5.75. The van der Waals surface area contributed by atoms with Gasteiger partial charge in [-0.25, -0.2) is 4.79 Å². The second-order valence-corrected chi connectivity index (χ2v) is 9.16. The number of carbonyl (C=O) groups is 1. The summed E-state index contributed by atoms with van der Waals surface area (Å²) in [5.41, 5.74) is 6.18. The Morgan fingerprint density at radius 1 is 1.07 bits per heavy atom. The van der Waals surface area contributed by atoms with Gasteiger partial charge in [-0.05, 0) is 48.9 Å². The highest BCUT2D eigenvalue weighted by Gasteiger charge is 2.35. The molecule has 0 bridgehead atoms. The summed E-state index contributed by atoms with van der Waals surface area (Å²) < 4.78 is 5.44. The Labute approximate surface area is 179 Å². The fourth-order valence-corrected chi connectivity index (χ4v) is 4.55. The van der Waals surface area contributed by atoms with E-state index < -0.39 is 0 Å². The number of aryl methyl sites for hydroxylation is 2. The maximum absolute atomic E-state index is 13.3. The number of benzene rings is 1. The lowest BCUT2D eigenvalue weighted by atomic mass is 9.82. The number of nitrogens with one attached hydrogen (secondary N) is 1. The Bertz CT molecular complexity index is 885. The minimum absolute atomic E-state index is 0.139. The van der Waals surface area contributed by atoms with Crippen LogP contribution >= 0.6 is 0 Å². The zero-order chi connectivity index (χ0) is 21.3. The number of hydrogen-bond donors (Lipinski definition) is 1. The van der Waals surface area contributed by atoms with Crippen molar-refractivity contribution in [1.29, 1.82) is 0 Å². The summed E-state index contributed by atoms with van der Waals surface area (Å²) >= 11 is 0. The van der Waals surface area contributed by atoms with Crippen LogP contribution in [0.1, 0.15) is 66.1 Å². The number of amides is 2. The van der Waals surface area contributed by atoms with Crippen LogP contribution in [0.3, 0.4) is 0 Å². The quantitative estimate of drug-likeness (QED) is 0.826. The van der Waals surface area contributed by atoms with E-state index in [1.54, 1.807) is 0 Å². The highest BCUT2D eigenvalue weighted by atomic mass is 16.5. The number of aromatic amines is 1. The molecule has 6 nitrogen and oxygen atoms in total. The third kappa shape index (κ3) is 4.38. The van der Waals surface area contributed by atoms with Gasteiger partial charge in [0.2, 0.25) is 0 Å². The smallest absolute Gasteiger partial charge is 0.320 e. The van der Waals surface area contributed by atoms with Crippen LogP contribution in [-0.2, 0) is 4.74 Å². The van der Waals surface area contributed by atoms with Gasteiger partial charge in [-0.15, -0.1) is 0 Å². The SMILES string of the molecule is Cc1ccc(C2CC(c3cc(C(C)C)n[nH]3)CN(C(=O)N3CCOCC3)C2)cc1C. The van der Waals surface area contributed by atoms with Gasteiger partial charge in [-0.3, -0.25) is 5.10 Å². The molecule has 2 aliphatic heterocycles. The number of ether oxygens (including phenoxy) is 1. The molecule has 2 unspecified atom stereocenters.